The number of amides is 3. The summed E-state index contributed by atoms with van der Waals surface area (Å²) in [5.41, 5.74) is 5.21. The molecule has 46 heavy (non-hydrogen) atoms. The van der Waals surface area contributed by atoms with E-state index in [1.165, 1.54) is 18.2 Å². The monoisotopic (exact) mass is 658 g/mol. The topological polar surface area (TPSA) is 297 Å². The molecule has 0 radical (unpaired) electrons. The van der Waals surface area contributed by atoms with Gasteiger partial charge in [-0.2, -0.15) is 0 Å². The highest BCUT2D eigenvalue weighted by molar-refractivity contribution is 5.93. The van der Waals surface area contributed by atoms with E-state index in [4.69, 9.17) is 20.3 Å². The number of carbonyl (C=O) groups is 5. The van der Waals surface area contributed by atoms with E-state index in [1.54, 1.807) is 13.8 Å². The first-order valence-electron chi connectivity index (χ1n) is 14.4. The van der Waals surface area contributed by atoms with E-state index in [2.05, 4.69) is 20.7 Å². The molecule has 0 aromatic heterocycles. The molecule has 0 bridgehead atoms. The molecule has 1 heterocycles. The van der Waals surface area contributed by atoms with Crippen LogP contribution in [-0.4, -0.2) is 117 Å². The van der Waals surface area contributed by atoms with Gasteiger partial charge in [-0.1, -0.05) is 6.07 Å². The van der Waals surface area contributed by atoms with E-state index in [1.807, 2.05) is 0 Å². The number of hydrogen-bond donors (Lipinski definition) is 10. The zero-order valence-corrected chi connectivity index (χ0v) is 25.4. The summed E-state index contributed by atoms with van der Waals surface area (Å²) in [4.78, 5) is 59.3. The van der Waals surface area contributed by atoms with E-state index in [9.17, 15) is 49.5 Å². The lowest BCUT2D eigenvalue weighted by atomic mass is 9.94. The smallest absolute Gasteiger partial charge is 0.479 e. The number of aliphatic hydroxyl groups is 4. The molecule has 4 unspecified atom stereocenters. The van der Waals surface area contributed by atoms with Crippen LogP contribution in [0.2, 0.25) is 0 Å². The summed E-state index contributed by atoms with van der Waals surface area (Å²) in [6.07, 6.45) is -9.92. The molecule has 18 heteroatoms. The van der Waals surface area contributed by atoms with Gasteiger partial charge in [0.1, 0.15) is 30.7 Å². The third-order valence-electron chi connectivity index (χ3n) is 6.96. The highest BCUT2D eigenvalue weighted by Crippen LogP contribution is 2.31. The second kappa shape index (κ2) is 17.6. The average Bonchev–Trinajstić information content (AvgIpc) is 3.00. The van der Waals surface area contributed by atoms with Crippen LogP contribution < -0.4 is 26.4 Å². The fourth-order valence-electron chi connectivity index (χ4n) is 4.06. The Hall–Kier alpha value is -4.07. The van der Waals surface area contributed by atoms with Gasteiger partial charge in [0, 0.05) is 19.5 Å². The second-order valence-electron chi connectivity index (χ2n) is 11.2. The molecule has 1 aromatic rings. The van der Waals surface area contributed by atoms with E-state index >= 15 is 0 Å². The van der Waals surface area contributed by atoms with Gasteiger partial charge in [-0.25, -0.2) is 9.59 Å². The molecule has 0 saturated carbocycles. The number of carbonyl (C=O) groups excluding carboxylic acids is 3. The van der Waals surface area contributed by atoms with Crippen LogP contribution in [0.1, 0.15) is 45.1 Å². The van der Waals surface area contributed by atoms with Crippen molar-refractivity contribution in [2.24, 2.45) is 11.1 Å². The normalized spacial score (nSPS) is 21.8. The molecule has 18 nitrogen and oxygen atoms in total. The van der Waals surface area contributed by atoms with Gasteiger partial charge in [0.05, 0.1) is 23.8 Å². The summed E-state index contributed by atoms with van der Waals surface area (Å²) in [7, 11) is 0. The van der Waals surface area contributed by atoms with E-state index < -0.39 is 72.7 Å². The van der Waals surface area contributed by atoms with Crippen LogP contribution in [0.15, 0.2) is 18.2 Å². The molecular formula is C28H42N4O14. The molecule has 1 aromatic carbocycles. The maximum Gasteiger partial charge on any atom is 0.506 e. The fraction of sp³-hybridized carbons (Fsp3) is 0.607. The minimum atomic E-state index is -1.96. The maximum absolute atomic E-state index is 12.7. The van der Waals surface area contributed by atoms with Crippen molar-refractivity contribution >= 4 is 35.5 Å². The van der Waals surface area contributed by atoms with Crippen LogP contribution in [0.4, 0.5) is 10.5 Å². The average molecular weight is 659 g/mol. The molecule has 6 atom stereocenters. The summed E-state index contributed by atoms with van der Waals surface area (Å²) in [5.74, 6) is -3.24. The predicted molar refractivity (Wildman–Crippen MR) is 156 cm³/mol. The van der Waals surface area contributed by atoms with Gasteiger partial charge in [0.15, 0.2) is 6.10 Å². The minimum Gasteiger partial charge on any atom is -0.479 e. The molecule has 0 spiro atoms. The molecule has 3 amide bonds. The van der Waals surface area contributed by atoms with Gasteiger partial charge in [0.25, 0.3) is 0 Å². The molecule has 1 fully saturated rings. The highest BCUT2D eigenvalue weighted by Gasteiger charge is 2.48. The van der Waals surface area contributed by atoms with Crippen molar-refractivity contribution in [1.29, 1.82) is 0 Å². The van der Waals surface area contributed by atoms with Crippen molar-refractivity contribution in [3.63, 3.8) is 0 Å². The Morgan fingerprint density at radius 1 is 1.00 bits per heavy atom. The minimum absolute atomic E-state index is 0.0720. The first-order chi connectivity index (χ1) is 21.6. The lowest BCUT2D eigenvalue weighted by molar-refractivity contribution is -0.271. The standard InChI is InChI=1S/C28H42N4O14/c1-28(2,13-33)26(41)31-9-4-3-5-15(29)23(38)30-10-8-18(34)32-16-11-14(12-44-27(42)43)6-7-17(16)45-25-21(37)19(35)20(36)22(46-25)24(39)40/h6-7,11,15,19-22,25,33,35-37H,3-5,8-10,12-13,29H2,1-2H3,(H,30,38)(H,31,41)(H,32,34)(H,39,40)(H,42,43)/t15?,19?,20-,21+,22?,25?/m0/s1. The number of nitrogens with two attached hydrogens (primary N) is 1. The molecule has 258 valence electrons. The molecule has 1 aliphatic heterocycles. The van der Waals surface area contributed by atoms with Crippen molar-refractivity contribution in [1.82, 2.24) is 10.6 Å². The Bertz CT molecular complexity index is 1230. The lowest BCUT2D eigenvalue weighted by Crippen LogP contribution is -2.61. The largest absolute Gasteiger partial charge is 0.506 e. The number of anilines is 1. The summed E-state index contributed by atoms with van der Waals surface area (Å²) in [6, 6.07) is 3.02. The fourth-order valence-corrected chi connectivity index (χ4v) is 4.06. The Balaban J connectivity index is 1.95. The van der Waals surface area contributed by atoms with E-state index in [-0.39, 0.29) is 42.5 Å². The van der Waals surface area contributed by atoms with Crippen molar-refractivity contribution < 1.29 is 68.8 Å². The third-order valence-corrected chi connectivity index (χ3v) is 6.96. The molecule has 1 saturated heterocycles. The second-order valence-corrected chi connectivity index (χ2v) is 11.2. The molecule has 2 rings (SSSR count). The van der Waals surface area contributed by atoms with Crippen LogP contribution in [0.5, 0.6) is 5.75 Å². The molecular weight excluding hydrogens is 616 g/mol. The van der Waals surface area contributed by atoms with E-state index in [0.717, 1.165) is 0 Å². The number of carboxylic acids is 1. The third kappa shape index (κ3) is 11.4. The number of carboxylic acid groups (broad SMARTS) is 2. The molecule has 0 aliphatic carbocycles. The quantitative estimate of drug-likeness (QED) is 0.0654. The Morgan fingerprint density at radius 3 is 2.33 bits per heavy atom. The zero-order valence-electron chi connectivity index (χ0n) is 25.4. The first-order valence-corrected chi connectivity index (χ1v) is 14.4. The summed E-state index contributed by atoms with van der Waals surface area (Å²) >= 11 is 0. The highest BCUT2D eigenvalue weighted by atomic mass is 16.7. The number of nitrogens with one attached hydrogen (secondary N) is 3. The van der Waals surface area contributed by atoms with Gasteiger partial charge in [0.2, 0.25) is 24.0 Å². The van der Waals surface area contributed by atoms with Crippen molar-refractivity contribution in [3.05, 3.63) is 23.8 Å². The number of hydrogen-bond acceptors (Lipinski definition) is 13. The Morgan fingerprint density at radius 2 is 1.70 bits per heavy atom. The number of ether oxygens (including phenoxy) is 3. The van der Waals surface area contributed by atoms with E-state index in [0.29, 0.717) is 25.8 Å². The molecule has 11 N–H and O–H groups in total. The van der Waals surface area contributed by atoms with Crippen LogP contribution in [-0.2, 0) is 35.3 Å². The van der Waals surface area contributed by atoms with Gasteiger partial charge in [-0.15, -0.1) is 0 Å². The number of rotatable bonds is 17. The SMILES string of the molecule is CC(C)(CO)C(=O)NCCCCC(N)C(=O)NCCC(=O)Nc1cc(COC(=O)O)ccc1OC1OC(C(=O)O)[C@@H](O)C(O)[C@H]1O. The van der Waals surface area contributed by atoms with Crippen LogP contribution in [0.3, 0.4) is 0 Å². The Kier molecular flexibility index (Phi) is 14.6. The maximum atomic E-state index is 12.7. The van der Waals surface area contributed by atoms with Crippen molar-refractivity contribution in [3.8, 4) is 5.75 Å². The molecule has 1 aliphatic rings. The summed E-state index contributed by atoms with van der Waals surface area (Å²) < 4.78 is 15.2. The van der Waals surface area contributed by atoms with Gasteiger partial charge >= 0.3 is 12.1 Å². The van der Waals surface area contributed by atoms with Gasteiger partial charge in [-0.3, -0.25) is 14.4 Å². The predicted octanol–water partition coefficient (Wildman–Crippen LogP) is -1.77. The lowest BCUT2D eigenvalue weighted by Gasteiger charge is -2.38. The number of unbranched alkanes of at least 4 members (excludes halogenated alkanes) is 1. The van der Waals surface area contributed by atoms with Crippen LogP contribution >= 0.6 is 0 Å². The van der Waals surface area contributed by atoms with Crippen molar-refractivity contribution in [2.45, 2.75) is 82.9 Å². The number of aliphatic carboxylic acids is 1. The van der Waals surface area contributed by atoms with Gasteiger partial charge < -0.3 is 66.5 Å². The summed E-state index contributed by atoms with van der Waals surface area (Å²) in [5, 5.41) is 65.3. The first kappa shape index (κ1) is 38.1. The van der Waals surface area contributed by atoms with Crippen LogP contribution in [0, 0.1) is 5.41 Å². The van der Waals surface area contributed by atoms with Gasteiger partial charge in [-0.05, 0) is 50.8 Å². The number of aliphatic hydroxyl groups excluding tert-OH is 4. The zero-order chi connectivity index (χ0) is 34.6. The van der Waals surface area contributed by atoms with Crippen molar-refractivity contribution in [2.75, 3.05) is 25.0 Å². The Labute approximate surface area is 263 Å². The summed E-state index contributed by atoms with van der Waals surface area (Å²) in [6.45, 7) is 2.75. The van der Waals surface area contributed by atoms with Crippen LogP contribution in [0.25, 0.3) is 0 Å². The number of benzene rings is 1.